The Morgan fingerprint density at radius 2 is 1.01 bits per heavy atom. The first-order valence-electron chi connectivity index (χ1n) is 29.9. The Bertz CT molecular complexity index is 2660. The highest BCUT2D eigenvalue weighted by atomic mass is 32.1. The number of hydrogen-bond donors (Lipinski definition) is 0. The molecule has 0 saturated carbocycles. The molecule has 6 aromatic heterocycles. The zero-order valence-electron chi connectivity index (χ0n) is 51.6. The van der Waals surface area contributed by atoms with Crippen LogP contribution in [0.4, 0.5) is 0 Å². The topological polar surface area (TPSA) is 124 Å². The Kier molecular flexibility index (Phi) is 22.9. The van der Waals surface area contributed by atoms with Crippen molar-refractivity contribution in [3.05, 3.63) is 121 Å². The molecule has 0 N–H and O–H groups in total. The van der Waals surface area contributed by atoms with E-state index in [1.807, 2.05) is 55.5 Å². The minimum atomic E-state index is 0.603. The van der Waals surface area contributed by atoms with Crippen LogP contribution in [0.3, 0.4) is 0 Å². The van der Waals surface area contributed by atoms with Gasteiger partial charge >= 0.3 is 0 Å². The number of nitrogens with zero attached hydrogens (tertiary/aromatic N) is 16. The average molecular weight is 1100 g/mol. The van der Waals surface area contributed by atoms with Gasteiger partial charge in [-0.3, -0.25) is 53.4 Å². The van der Waals surface area contributed by atoms with Crippen LogP contribution in [-0.4, -0.2) is 154 Å². The first kappa shape index (κ1) is 61.9. The summed E-state index contributed by atoms with van der Waals surface area (Å²) in [6.07, 6.45) is 16.8. The van der Waals surface area contributed by atoms with Gasteiger partial charge in [0.2, 0.25) is 0 Å². The molecule has 0 atom stereocenters. The molecule has 79 heavy (non-hydrogen) atoms. The normalized spacial score (nSPS) is 17.6. The standard InChI is InChI=1S/2C11H17N3.C11H19N3.C10H17N3.C10H15NS.C9H15N3/c1-8(2)14-5-4-11-10(7-14)6-12-9(3)13-11;1-8(2)14-5-4-10-11(7-14)12-6-9(3)13-10;1-4-14-7-10-5-6-13(9(2)3)8-11(10)12-14;1-8(2)13-5-4-10-9(7-13)6-12(3)11-10;1-8(2)11-4-3-9-6-12-7-10(9)5-11;1-8(2)11-6-4-9-3-5-10-12(9)7-11/h2*6,8H,4-5,7H2,1-3H3;7,9H,4-6,8H2,1-3H3;6,8H,4-5,7H2,1-3H3;6-8H,3-5H2,1-2H3;3,5,8H,4,6-7H2,1-2H3. The van der Waals surface area contributed by atoms with Gasteiger partial charge in [0.15, 0.2) is 0 Å². The summed E-state index contributed by atoms with van der Waals surface area (Å²) >= 11 is 1.84. The lowest BCUT2D eigenvalue weighted by molar-refractivity contribution is 0.142. The summed E-state index contributed by atoms with van der Waals surface area (Å²) in [7, 11) is 2.00. The zero-order chi connectivity index (χ0) is 56.9. The highest BCUT2D eigenvalue weighted by Crippen LogP contribution is 2.25. The molecule has 0 radical (unpaired) electrons. The molecule has 0 fully saturated rings. The van der Waals surface area contributed by atoms with Gasteiger partial charge in [-0.05, 0) is 150 Å². The Balaban J connectivity index is 0.000000137. The van der Waals surface area contributed by atoms with Crippen molar-refractivity contribution >= 4 is 11.3 Å². The zero-order valence-corrected chi connectivity index (χ0v) is 52.4. The highest BCUT2D eigenvalue weighted by molar-refractivity contribution is 7.08. The Morgan fingerprint density at radius 3 is 1.65 bits per heavy atom. The van der Waals surface area contributed by atoms with Crippen LogP contribution in [0.25, 0.3) is 0 Å². The van der Waals surface area contributed by atoms with E-state index in [4.69, 9.17) is 0 Å². The third kappa shape index (κ3) is 17.6. The number of aromatic nitrogens is 10. The Labute approximate surface area is 480 Å². The lowest BCUT2D eigenvalue weighted by Gasteiger charge is -2.31. The molecule has 0 aliphatic carbocycles. The van der Waals surface area contributed by atoms with Crippen LogP contribution < -0.4 is 0 Å². The van der Waals surface area contributed by atoms with Gasteiger partial charge in [0.25, 0.3) is 0 Å². The van der Waals surface area contributed by atoms with E-state index >= 15 is 0 Å². The van der Waals surface area contributed by atoms with Crippen LogP contribution in [0.5, 0.6) is 0 Å². The molecule has 0 amide bonds. The van der Waals surface area contributed by atoms with Gasteiger partial charge in [0, 0.05) is 201 Å². The van der Waals surface area contributed by atoms with Crippen molar-refractivity contribution in [1.82, 2.24) is 78.7 Å². The van der Waals surface area contributed by atoms with Gasteiger partial charge in [-0.1, -0.05) is 0 Å². The van der Waals surface area contributed by atoms with Crippen LogP contribution in [0, 0.1) is 13.8 Å². The van der Waals surface area contributed by atoms with Crippen molar-refractivity contribution < 1.29 is 0 Å². The van der Waals surface area contributed by atoms with Crippen LogP contribution in [0.15, 0.2) is 47.8 Å². The van der Waals surface area contributed by atoms with Crippen molar-refractivity contribution in [3.8, 4) is 0 Å². The molecule has 12 rings (SSSR count). The van der Waals surface area contributed by atoms with Crippen LogP contribution in [0.1, 0.15) is 164 Å². The van der Waals surface area contributed by atoms with Gasteiger partial charge in [-0.15, -0.1) is 0 Å². The predicted molar refractivity (Wildman–Crippen MR) is 323 cm³/mol. The molecule has 0 aromatic carbocycles. The minimum Gasteiger partial charge on any atom is -0.296 e. The fraction of sp³-hybridized carbons (Fsp3) is 0.661. The molecular weight excluding hydrogens is 1000 g/mol. The first-order valence-corrected chi connectivity index (χ1v) is 30.9. The molecular formula is C62H100N16S. The molecule has 16 nitrogen and oxygen atoms in total. The second-order valence-corrected chi connectivity index (χ2v) is 24.9. The number of aryl methyl sites for hydroxylation is 4. The van der Waals surface area contributed by atoms with Crippen LogP contribution in [0.2, 0.25) is 0 Å². The van der Waals surface area contributed by atoms with Gasteiger partial charge in [-0.2, -0.15) is 26.6 Å². The van der Waals surface area contributed by atoms with Crippen molar-refractivity contribution in [2.75, 3.05) is 39.3 Å². The third-order valence-electron chi connectivity index (χ3n) is 16.4. The second kappa shape index (κ2) is 29.3. The molecule has 12 heterocycles. The Hall–Kier alpha value is -4.75. The van der Waals surface area contributed by atoms with E-state index in [0.29, 0.717) is 36.3 Å². The monoisotopic (exact) mass is 1100 g/mol. The summed E-state index contributed by atoms with van der Waals surface area (Å²) in [5.74, 6) is 0.891. The fourth-order valence-electron chi connectivity index (χ4n) is 11.0. The first-order chi connectivity index (χ1) is 37.7. The van der Waals surface area contributed by atoms with E-state index in [0.717, 1.165) is 115 Å². The summed E-state index contributed by atoms with van der Waals surface area (Å²) in [4.78, 5) is 32.5. The van der Waals surface area contributed by atoms with Gasteiger partial charge in [0.1, 0.15) is 5.82 Å². The summed E-state index contributed by atoms with van der Waals surface area (Å²) < 4.78 is 6.06. The van der Waals surface area contributed by atoms with E-state index in [1.54, 1.807) is 11.1 Å². The van der Waals surface area contributed by atoms with Crippen molar-refractivity contribution in [3.63, 3.8) is 0 Å². The molecule has 0 saturated heterocycles. The molecule has 434 valence electrons. The molecule has 0 unspecified atom stereocenters. The van der Waals surface area contributed by atoms with Gasteiger partial charge in [-0.25, -0.2) is 9.97 Å². The van der Waals surface area contributed by atoms with E-state index < -0.39 is 0 Å². The maximum absolute atomic E-state index is 4.58. The predicted octanol–water partition coefficient (Wildman–Crippen LogP) is 9.58. The lowest BCUT2D eigenvalue weighted by atomic mass is 10.0. The lowest BCUT2D eigenvalue weighted by Crippen LogP contribution is -2.39. The maximum Gasteiger partial charge on any atom is 0.125 e. The molecule has 0 bridgehead atoms. The van der Waals surface area contributed by atoms with E-state index in [9.17, 15) is 0 Å². The van der Waals surface area contributed by atoms with Gasteiger partial charge < -0.3 is 0 Å². The number of hydrogen-bond acceptors (Lipinski definition) is 14. The summed E-state index contributed by atoms with van der Waals surface area (Å²) in [6, 6.07) is 5.93. The SMILES string of the molecule is CC(C)N1CCc2ccnn2C1.CC(C)N1CCc2cscc2C1.CC(C)N1CCc2nn(C)cc2C1.CCn1cc2c(n1)CN(C(C)C)CC2.Cc1cnc2c(n1)CCN(C(C)C)C2.Cc1ncc2c(n1)CCN(C(C)C)C2. The maximum atomic E-state index is 4.58. The largest absolute Gasteiger partial charge is 0.296 e. The van der Waals surface area contributed by atoms with Crippen molar-refractivity contribution in [1.29, 1.82) is 0 Å². The summed E-state index contributed by atoms with van der Waals surface area (Å²) in [6.45, 7) is 47.2. The van der Waals surface area contributed by atoms with E-state index in [-0.39, 0.29) is 0 Å². The van der Waals surface area contributed by atoms with Crippen LogP contribution >= 0.6 is 11.3 Å². The summed E-state index contributed by atoms with van der Waals surface area (Å²) in [5, 5.41) is 17.9. The molecule has 6 aliphatic rings. The van der Waals surface area contributed by atoms with Crippen LogP contribution in [-0.2, 0) is 91.5 Å². The Morgan fingerprint density at radius 1 is 0.481 bits per heavy atom. The summed E-state index contributed by atoms with van der Waals surface area (Å²) in [5.41, 5.74) is 15.9. The van der Waals surface area contributed by atoms with Crippen molar-refractivity contribution in [2.24, 2.45) is 7.05 Å². The fourth-order valence-corrected chi connectivity index (χ4v) is 11.8. The van der Waals surface area contributed by atoms with Gasteiger partial charge in [0.05, 0.1) is 35.1 Å². The smallest absolute Gasteiger partial charge is 0.125 e. The quantitative estimate of drug-likeness (QED) is 0.151. The highest BCUT2D eigenvalue weighted by Gasteiger charge is 2.25. The third-order valence-corrected chi connectivity index (χ3v) is 17.3. The second-order valence-electron chi connectivity index (χ2n) is 24.1. The number of thiophene rings is 1. The van der Waals surface area contributed by atoms with E-state index in [2.05, 4.69) is 193 Å². The number of fused-ring (bicyclic) bond motifs is 6. The van der Waals surface area contributed by atoms with Crippen molar-refractivity contribution in [2.45, 2.75) is 225 Å². The van der Waals surface area contributed by atoms with E-state index in [1.165, 1.54) is 71.2 Å². The molecule has 6 aromatic rings. The minimum absolute atomic E-state index is 0.603. The molecule has 17 heteroatoms. The molecule has 0 spiro atoms. The molecule has 6 aliphatic heterocycles. The average Bonchev–Trinajstić information content (AvgIpc) is 4.28. The number of rotatable bonds is 7.